The number of alkyl halides is 1. The largest absolute Gasteiger partial charge is 0.334 e. The van der Waals surface area contributed by atoms with Crippen molar-refractivity contribution in [2.45, 2.75) is 39.7 Å². The van der Waals surface area contributed by atoms with Crippen molar-refractivity contribution in [3.8, 4) is 0 Å². The quantitative estimate of drug-likeness (QED) is 0.723. The average molecular weight is 304 g/mol. The molecule has 0 aliphatic rings. The lowest BCUT2D eigenvalue weighted by Crippen LogP contribution is -2.41. The molecule has 0 saturated heterocycles. The van der Waals surface area contributed by atoms with E-state index in [1.807, 2.05) is 13.8 Å². The van der Waals surface area contributed by atoms with E-state index in [1.54, 1.807) is 4.90 Å². The van der Waals surface area contributed by atoms with Crippen LogP contribution in [-0.4, -0.2) is 29.3 Å². The zero-order valence-electron chi connectivity index (χ0n) is 12.0. The highest BCUT2D eigenvalue weighted by molar-refractivity contribution is 6.18. The lowest BCUT2D eigenvalue weighted by molar-refractivity contribution is 0.0676. The summed E-state index contributed by atoms with van der Waals surface area (Å²) in [7, 11) is 0. The third kappa shape index (κ3) is 3.69. The van der Waals surface area contributed by atoms with Crippen LogP contribution in [0.5, 0.6) is 0 Å². The Bertz CT molecular complexity index is 475. The summed E-state index contributed by atoms with van der Waals surface area (Å²) in [5.74, 6) is -1.63. The van der Waals surface area contributed by atoms with E-state index in [0.29, 0.717) is 6.54 Å². The number of nitrogens with zero attached hydrogens (tertiary/aromatic N) is 1. The van der Waals surface area contributed by atoms with Crippen molar-refractivity contribution in [3.63, 3.8) is 0 Å². The van der Waals surface area contributed by atoms with E-state index in [-0.39, 0.29) is 23.0 Å². The second-order valence-electron chi connectivity index (χ2n) is 4.74. The Kier molecular flexibility index (Phi) is 6.40. The normalized spacial score (nSPS) is 10.9. The first-order chi connectivity index (χ1) is 9.46. The smallest absolute Gasteiger partial charge is 0.257 e. The molecule has 1 rings (SSSR count). The lowest BCUT2D eigenvalue weighted by atomic mass is 10.1. The Morgan fingerprint density at radius 1 is 1.25 bits per heavy atom. The molecule has 5 heteroatoms. The second-order valence-corrected chi connectivity index (χ2v) is 5.12. The Hall–Kier alpha value is -1.16. The van der Waals surface area contributed by atoms with Crippen molar-refractivity contribution in [1.82, 2.24) is 4.90 Å². The molecule has 1 aromatic carbocycles. The Morgan fingerprint density at radius 2 is 1.85 bits per heavy atom. The Labute approximate surface area is 123 Å². The van der Waals surface area contributed by atoms with Crippen molar-refractivity contribution in [2.75, 3.05) is 12.4 Å². The minimum atomic E-state index is -0.830. The standard InChI is InChI=1S/C15H20ClF2NO/c1-4-11(5-2)19(7-6-16)15(20)12-8-10(3)13(17)9-14(12)18/h8-9,11H,4-7H2,1-3H3. The maximum atomic E-state index is 13.8. The van der Waals surface area contributed by atoms with Gasteiger partial charge in [0.25, 0.3) is 5.91 Å². The van der Waals surface area contributed by atoms with E-state index in [1.165, 1.54) is 13.0 Å². The maximum Gasteiger partial charge on any atom is 0.257 e. The first-order valence-corrected chi connectivity index (χ1v) is 7.32. The average Bonchev–Trinajstić information content (AvgIpc) is 2.42. The molecular formula is C15H20ClF2NO. The van der Waals surface area contributed by atoms with Crippen molar-refractivity contribution in [2.24, 2.45) is 0 Å². The van der Waals surface area contributed by atoms with Gasteiger partial charge in [-0.2, -0.15) is 0 Å². The van der Waals surface area contributed by atoms with E-state index in [4.69, 9.17) is 11.6 Å². The van der Waals surface area contributed by atoms with Gasteiger partial charge in [0, 0.05) is 24.5 Å². The molecule has 0 atom stereocenters. The van der Waals surface area contributed by atoms with Crippen LogP contribution in [0, 0.1) is 18.6 Å². The number of rotatable bonds is 6. The molecule has 0 aliphatic carbocycles. The van der Waals surface area contributed by atoms with Crippen LogP contribution in [0.3, 0.4) is 0 Å². The van der Waals surface area contributed by atoms with Crippen LogP contribution in [0.15, 0.2) is 12.1 Å². The fraction of sp³-hybridized carbons (Fsp3) is 0.533. The maximum absolute atomic E-state index is 13.8. The molecule has 0 heterocycles. The molecule has 0 unspecified atom stereocenters. The summed E-state index contributed by atoms with van der Waals surface area (Å²) in [4.78, 5) is 14.1. The number of hydrogen-bond donors (Lipinski definition) is 0. The van der Waals surface area contributed by atoms with Crippen LogP contribution in [0.4, 0.5) is 8.78 Å². The van der Waals surface area contributed by atoms with Crippen molar-refractivity contribution >= 4 is 17.5 Å². The number of aryl methyl sites for hydroxylation is 1. The predicted octanol–water partition coefficient (Wildman–Crippen LogP) is 4.14. The van der Waals surface area contributed by atoms with Gasteiger partial charge in [0.1, 0.15) is 11.6 Å². The molecule has 0 fully saturated rings. The number of hydrogen-bond acceptors (Lipinski definition) is 1. The molecule has 0 saturated carbocycles. The van der Waals surface area contributed by atoms with Crippen LogP contribution < -0.4 is 0 Å². The first kappa shape index (κ1) is 16.9. The van der Waals surface area contributed by atoms with Crippen LogP contribution in [0.1, 0.15) is 42.6 Å². The molecule has 0 aliphatic heterocycles. The van der Waals surface area contributed by atoms with Gasteiger partial charge in [-0.05, 0) is 31.4 Å². The summed E-state index contributed by atoms with van der Waals surface area (Å²) < 4.78 is 27.1. The predicted molar refractivity (Wildman–Crippen MR) is 77.2 cm³/mol. The molecule has 0 N–H and O–H groups in total. The zero-order chi connectivity index (χ0) is 15.3. The molecule has 1 aromatic rings. The van der Waals surface area contributed by atoms with E-state index in [2.05, 4.69) is 0 Å². The molecular weight excluding hydrogens is 284 g/mol. The summed E-state index contributed by atoms with van der Waals surface area (Å²) in [6, 6.07) is 2.02. The molecule has 20 heavy (non-hydrogen) atoms. The number of benzene rings is 1. The summed E-state index contributed by atoms with van der Waals surface area (Å²) >= 11 is 5.73. The number of halogens is 3. The van der Waals surface area contributed by atoms with Gasteiger partial charge >= 0.3 is 0 Å². The zero-order valence-corrected chi connectivity index (χ0v) is 12.8. The molecule has 0 spiro atoms. The van der Waals surface area contributed by atoms with Crippen molar-refractivity contribution in [3.05, 3.63) is 34.9 Å². The third-order valence-electron chi connectivity index (χ3n) is 3.45. The summed E-state index contributed by atoms with van der Waals surface area (Å²) in [5.41, 5.74) is 0.158. The lowest BCUT2D eigenvalue weighted by Gasteiger charge is -2.30. The highest BCUT2D eigenvalue weighted by Crippen LogP contribution is 2.19. The number of amides is 1. The first-order valence-electron chi connectivity index (χ1n) is 6.78. The summed E-state index contributed by atoms with van der Waals surface area (Å²) in [5, 5.41) is 0. The minimum absolute atomic E-state index is 0.00556. The van der Waals surface area contributed by atoms with E-state index in [9.17, 15) is 13.6 Å². The fourth-order valence-corrected chi connectivity index (χ4v) is 2.43. The van der Waals surface area contributed by atoms with Gasteiger partial charge in [-0.3, -0.25) is 4.79 Å². The third-order valence-corrected chi connectivity index (χ3v) is 3.62. The molecule has 112 valence electrons. The number of carbonyl (C=O) groups excluding carboxylic acids is 1. The van der Waals surface area contributed by atoms with Crippen molar-refractivity contribution < 1.29 is 13.6 Å². The summed E-state index contributed by atoms with van der Waals surface area (Å²) in [6.07, 6.45) is 1.53. The fourth-order valence-electron chi connectivity index (χ4n) is 2.25. The highest BCUT2D eigenvalue weighted by atomic mass is 35.5. The van der Waals surface area contributed by atoms with E-state index < -0.39 is 17.5 Å². The molecule has 0 bridgehead atoms. The molecule has 0 radical (unpaired) electrons. The van der Waals surface area contributed by atoms with Crippen LogP contribution in [0.25, 0.3) is 0 Å². The van der Waals surface area contributed by atoms with Gasteiger partial charge in [-0.25, -0.2) is 8.78 Å². The van der Waals surface area contributed by atoms with Crippen LogP contribution in [0.2, 0.25) is 0 Å². The monoisotopic (exact) mass is 303 g/mol. The van der Waals surface area contributed by atoms with Gasteiger partial charge in [0.2, 0.25) is 0 Å². The minimum Gasteiger partial charge on any atom is -0.334 e. The van der Waals surface area contributed by atoms with Gasteiger partial charge < -0.3 is 4.90 Å². The van der Waals surface area contributed by atoms with E-state index >= 15 is 0 Å². The molecule has 2 nitrogen and oxygen atoms in total. The van der Waals surface area contributed by atoms with Gasteiger partial charge in [-0.1, -0.05) is 13.8 Å². The SMILES string of the molecule is CCC(CC)N(CCCl)C(=O)c1cc(C)c(F)cc1F. The van der Waals surface area contributed by atoms with Crippen LogP contribution in [-0.2, 0) is 0 Å². The van der Waals surface area contributed by atoms with Gasteiger partial charge in [0.05, 0.1) is 5.56 Å². The van der Waals surface area contributed by atoms with E-state index in [0.717, 1.165) is 18.9 Å². The van der Waals surface area contributed by atoms with Crippen LogP contribution >= 0.6 is 11.6 Å². The Morgan fingerprint density at radius 3 is 2.35 bits per heavy atom. The summed E-state index contributed by atoms with van der Waals surface area (Å²) in [6.45, 7) is 5.79. The van der Waals surface area contributed by atoms with Gasteiger partial charge in [0.15, 0.2) is 0 Å². The highest BCUT2D eigenvalue weighted by Gasteiger charge is 2.25. The molecule has 1 amide bonds. The van der Waals surface area contributed by atoms with Gasteiger partial charge in [-0.15, -0.1) is 11.6 Å². The number of carbonyl (C=O) groups is 1. The Balaban J connectivity index is 3.15. The van der Waals surface area contributed by atoms with Crippen molar-refractivity contribution in [1.29, 1.82) is 0 Å². The molecule has 0 aromatic heterocycles. The topological polar surface area (TPSA) is 20.3 Å². The second kappa shape index (κ2) is 7.58.